The summed E-state index contributed by atoms with van der Waals surface area (Å²) in [5.41, 5.74) is 1.10. The molecule has 0 aliphatic heterocycles. The number of carbonyl (C=O) groups is 1. The number of amides is 2. The van der Waals surface area contributed by atoms with Crippen molar-refractivity contribution < 1.29 is 14.7 Å². The van der Waals surface area contributed by atoms with E-state index in [2.05, 4.69) is 11.4 Å². The van der Waals surface area contributed by atoms with Gasteiger partial charge < -0.3 is 10.1 Å². The Kier molecular flexibility index (Phi) is 5.36. The van der Waals surface area contributed by atoms with E-state index in [0.29, 0.717) is 6.42 Å². The van der Waals surface area contributed by atoms with Crippen LogP contribution in [0.3, 0.4) is 0 Å². The van der Waals surface area contributed by atoms with Gasteiger partial charge in [0.15, 0.2) is 0 Å². The molecule has 2 aromatic carbocycles. The highest BCUT2D eigenvalue weighted by Crippen LogP contribution is 2.28. The molecule has 0 unspecified atom stereocenters. The summed E-state index contributed by atoms with van der Waals surface area (Å²) in [6.07, 6.45) is 5.43. The maximum Gasteiger partial charge on any atom is 0.341 e. The second kappa shape index (κ2) is 7.85. The van der Waals surface area contributed by atoms with Crippen LogP contribution in [0.5, 0.6) is 11.5 Å². The van der Waals surface area contributed by atoms with Crippen LogP contribution in [0, 0.1) is 5.92 Å². The average Bonchev–Trinajstić information content (AvgIpc) is 3.09. The van der Waals surface area contributed by atoms with E-state index in [-0.39, 0.29) is 12.0 Å². The molecule has 0 aromatic heterocycles. The third-order valence-corrected chi connectivity index (χ3v) is 4.34. The Morgan fingerprint density at radius 3 is 2.72 bits per heavy atom. The van der Waals surface area contributed by atoms with Crippen LogP contribution in [0.1, 0.15) is 12.0 Å². The zero-order valence-corrected chi connectivity index (χ0v) is 14.1. The number of para-hydroxylation sites is 1. The quantitative estimate of drug-likeness (QED) is 0.492. The third kappa shape index (κ3) is 4.19. The standard InChI is InChI=1S/C20H22N2O3/c1-21-20(23)22(24)19-12-6-8-16(19)13-15-7-5-11-18(14-15)25-17-9-3-2-4-10-17/h2-11,14,16,19,24H,12-13H2,1H3,(H,21,23)/t16-,19+/m0/s1. The van der Waals surface area contributed by atoms with E-state index >= 15 is 0 Å². The predicted molar refractivity (Wildman–Crippen MR) is 95.8 cm³/mol. The van der Waals surface area contributed by atoms with Crippen molar-refractivity contribution in [3.63, 3.8) is 0 Å². The van der Waals surface area contributed by atoms with Gasteiger partial charge in [-0.05, 0) is 42.7 Å². The largest absolute Gasteiger partial charge is 0.457 e. The third-order valence-electron chi connectivity index (χ3n) is 4.34. The Morgan fingerprint density at radius 2 is 1.96 bits per heavy atom. The molecule has 0 heterocycles. The molecule has 25 heavy (non-hydrogen) atoms. The highest BCUT2D eigenvalue weighted by atomic mass is 16.5. The number of carbonyl (C=O) groups excluding carboxylic acids is 1. The lowest BCUT2D eigenvalue weighted by molar-refractivity contribution is -0.0851. The summed E-state index contributed by atoms with van der Waals surface area (Å²) in [4.78, 5) is 11.7. The van der Waals surface area contributed by atoms with Crippen molar-refractivity contribution in [3.05, 3.63) is 72.3 Å². The van der Waals surface area contributed by atoms with Crippen LogP contribution >= 0.6 is 0 Å². The summed E-state index contributed by atoms with van der Waals surface area (Å²) < 4.78 is 5.87. The van der Waals surface area contributed by atoms with Crippen LogP contribution in [-0.2, 0) is 6.42 Å². The van der Waals surface area contributed by atoms with Crippen LogP contribution in [0.4, 0.5) is 4.79 Å². The molecule has 130 valence electrons. The Labute approximate surface area is 147 Å². The normalized spacial score (nSPS) is 18.8. The Balaban J connectivity index is 1.69. The molecule has 1 aliphatic rings. The number of hydrogen-bond donors (Lipinski definition) is 2. The lowest BCUT2D eigenvalue weighted by Gasteiger charge is -2.27. The molecular weight excluding hydrogens is 316 g/mol. The van der Waals surface area contributed by atoms with Crippen molar-refractivity contribution in [2.45, 2.75) is 18.9 Å². The number of hydroxylamine groups is 2. The molecule has 2 amide bonds. The Bertz CT molecular complexity index is 746. The summed E-state index contributed by atoms with van der Waals surface area (Å²) in [5.74, 6) is 1.63. The molecule has 5 heteroatoms. The van der Waals surface area contributed by atoms with Crippen LogP contribution < -0.4 is 10.1 Å². The molecule has 0 spiro atoms. The molecule has 0 saturated heterocycles. The van der Waals surface area contributed by atoms with Crippen molar-refractivity contribution in [1.29, 1.82) is 0 Å². The van der Waals surface area contributed by atoms with Crippen LogP contribution in [0.15, 0.2) is 66.7 Å². The fraction of sp³-hybridized carbons (Fsp3) is 0.250. The minimum atomic E-state index is -0.486. The van der Waals surface area contributed by atoms with Gasteiger partial charge in [-0.25, -0.2) is 9.86 Å². The fourth-order valence-corrected chi connectivity index (χ4v) is 3.08. The highest BCUT2D eigenvalue weighted by Gasteiger charge is 2.30. The molecule has 1 aliphatic carbocycles. The number of urea groups is 1. The molecule has 0 fully saturated rings. The minimum absolute atomic E-state index is 0.0641. The van der Waals surface area contributed by atoms with E-state index in [9.17, 15) is 10.0 Å². The number of nitrogens with zero attached hydrogens (tertiary/aromatic N) is 1. The monoisotopic (exact) mass is 338 g/mol. The van der Waals surface area contributed by atoms with Gasteiger partial charge in [-0.15, -0.1) is 0 Å². The summed E-state index contributed by atoms with van der Waals surface area (Å²) in [7, 11) is 1.51. The van der Waals surface area contributed by atoms with Crippen molar-refractivity contribution >= 4 is 6.03 Å². The number of ether oxygens (including phenoxy) is 1. The van der Waals surface area contributed by atoms with Gasteiger partial charge in [0.1, 0.15) is 11.5 Å². The molecule has 0 radical (unpaired) electrons. The van der Waals surface area contributed by atoms with Crippen LogP contribution in [0.2, 0.25) is 0 Å². The first-order valence-electron chi connectivity index (χ1n) is 8.35. The molecule has 0 bridgehead atoms. The van der Waals surface area contributed by atoms with Crippen molar-refractivity contribution in [2.24, 2.45) is 5.92 Å². The maximum absolute atomic E-state index is 11.7. The van der Waals surface area contributed by atoms with Gasteiger partial charge in [0, 0.05) is 13.0 Å². The minimum Gasteiger partial charge on any atom is -0.457 e. The number of rotatable bonds is 5. The average molecular weight is 338 g/mol. The molecule has 0 saturated carbocycles. The van der Waals surface area contributed by atoms with Gasteiger partial charge in [-0.1, -0.05) is 42.5 Å². The Hall–Kier alpha value is -2.79. The first-order valence-corrected chi connectivity index (χ1v) is 8.35. The predicted octanol–water partition coefficient (Wildman–Crippen LogP) is 4.00. The summed E-state index contributed by atoms with van der Waals surface area (Å²) >= 11 is 0. The van der Waals surface area contributed by atoms with Gasteiger partial charge in [0.2, 0.25) is 0 Å². The van der Waals surface area contributed by atoms with Gasteiger partial charge in [0.05, 0.1) is 6.04 Å². The van der Waals surface area contributed by atoms with E-state index in [1.54, 1.807) is 0 Å². The maximum atomic E-state index is 11.7. The van der Waals surface area contributed by atoms with Gasteiger partial charge in [0.25, 0.3) is 0 Å². The van der Waals surface area contributed by atoms with Crippen molar-refractivity contribution in [2.75, 3.05) is 7.05 Å². The molecule has 2 N–H and O–H groups in total. The summed E-state index contributed by atoms with van der Waals surface area (Å²) in [5, 5.41) is 13.3. The molecule has 5 nitrogen and oxygen atoms in total. The smallest absolute Gasteiger partial charge is 0.341 e. The fourth-order valence-electron chi connectivity index (χ4n) is 3.08. The second-order valence-electron chi connectivity index (χ2n) is 6.06. The lowest BCUT2D eigenvalue weighted by Crippen LogP contribution is -2.45. The zero-order chi connectivity index (χ0) is 17.6. The van der Waals surface area contributed by atoms with Crippen molar-refractivity contribution in [3.8, 4) is 11.5 Å². The zero-order valence-electron chi connectivity index (χ0n) is 14.1. The van der Waals surface area contributed by atoms with Gasteiger partial charge >= 0.3 is 6.03 Å². The highest BCUT2D eigenvalue weighted by molar-refractivity contribution is 5.73. The lowest BCUT2D eigenvalue weighted by atomic mass is 9.94. The summed E-state index contributed by atoms with van der Waals surface area (Å²) in [6, 6.07) is 16.8. The molecule has 2 atom stereocenters. The second-order valence-corrected chi connectivity index (χ2v) is 6.06. The van der Waals surface area contributed by atoms with Crippen molar-refractivity contribution in [1.82, 2.24) is 10.4 Å². The van der Waals surface area contributed by atoms with E-state index in [4.69, 9.17) is 4.74 Å². The van der Waals surface area contributed by atoms with Crippen LogP contribution in [0.25, 0.3) is 0 Å². The molecule has 2 aromatic rings. The van der Waals surface area contributed by atoms with Gasteiger partial charge in [-0.3, -0.25) is 5.21 Å². The summed E-state index contributed by atoms with van der Waals surface area (Å²) in [6.45, 7) is 0. The topological polar surface area (TPSA) is 61.8 Å². The van der Waals surface area contributed by atoms with Crippen LogP contribution in [-0.4, -0.2) is 29.4 Å². The SMILES string of the molecule is CNC(=O)N(O)[C@@H]1CC=C[C@H]1Cc1cccc(Oc2ccccc2)c1. The first kappa shape index (κ1) is 17.0. The first-order chi connectivity index (χ1) is 12.2. The van der Waals surface area contributed by atoms with E-state index in [1.165, 1.54) is 7.05 Å². The van der Waals surface area contributed by atoms with E-state index in [1.807, 2.05) is 60.7 Å². The van der Waals surface area contributed by atoms with E-state index < -0.39 is 6.03 Å². The molecule has 3 rings (SSSR count). The molecular formula is C20H22N2O3. The number of nitrogens with one attached hydrogen (secondary N) is 1. The van der Waals surface area contributed by atoms with E-state index in [0.717, 1.165) is 28.5 Å². The Morgan fingerprint density at radius 1 is 1.20 bits per heavy atom. The number of benzene rings is 2. The van der Waals surface area contributed by atoms with Gasteiger partial charge in [-0.2, -0.15) is 0 Å². The number of hydrogen-bond acceptors (Lipinski definition) is 3.